The molecular formula is C14H28ClN3O2. The summed E-state index contributed by atoms with van der Waals surface area (Å²) in [6, 6.07) is 0. The highest BCUT2D eigenvalue weighted by Crippen LogP contribution is 2.22. The normalized spacial score (nSPS) is 27.1. The van der Waals surface area contributed by atoms with Crippen molar-refractivity contribution in [2.75, 3.05) is 39.3 Å². The summed E-state index contributed by atoms with van der Waals surface area (Å²) >= 11 is 0. The van der Waals surface area contributed by atoms with Crippen LogP contribution in [0.3, 0.4) is 0 Å². The van der Waals surface area contributed by atoms with Crippen LogP contribution >= 0.6 is 12.4 Å². The van der Waals surface area contributed by atoms with Crippen LogP contribution in [-0.2, 0) is 9.53 Å². The van der Waals surface area contributed by atoms with Crippen LogP contribution < -0.4 is 10.6 Å². The Hall–Kier alpha value is -0.360. The molecule has 0 spiro atoms. The second kappa shape index (κ2) is 9.55. The molecular weight excluding hydrogens is 278 g/mol. The summed E-state index contributed by atoms with van der Waals surface area (Å²) in [4.78, 5) is 14.1. The molecule has 0 aliphatic carbocycles. The molecule has 6 heteroatoms. The van der Waals surface area contributed by atoms with Gasteiger partial charge in [-0.25, -0.2) is 0 Å². The number of carbonyl (C=O) groups is 1. The van der Waals surface area contributed by atoms with Gasteiger partial charge in [0.2, 0.25) is 5.91 Å². The molecule has 2 N–H and O–H groups in total. The van der Waals surface area contributed by atoms with E-state index in [4.69, 9.17) is 4.74 Å². The number of piperazine rings is 1. The summed E-state index contributed by atoms with van der Waals surface area (Å²) in [5.74, 6) is 0.165. The van der Waals surface area contributed by atoms with E-state index >= 15 is 0 Å². The second-order valence-corrected chi connectivity index (χ2v) is 5.63. The molecule has 5 nitrogen and oxygen atoms in total. The van der Waals surface area contributed by atoms with Crippen LogP contribution in [0.2, 0.25) is 0 Å². The predicted octanol–water partition coefficient (Wildman–Crippen LogP) is 0.777. The van der Waals surface area contributed by atoms with E-state index in [0.29, 0.717) is 18.6 Å². The van der Waals surface area contributed by atoms with E-state index in [1.165, 1.54) is 0 Å². The number of rotatable bonds is 6. The van der Waals surface area contributed by atoms with Crippen LogP contribution in [0.15, 0.2) is 0 Å². The number of hydrogen-bond acceptors (Lipinski definition) is 4. The molecule has 0 radical (unpaired) electrons. The van der Waals surface area contributed by atoms with Crippen molar-refractivity contribution < 1.29 is 9.53 Å². The maximum absolute atomic E-state index is 11.7. The summed E-state index contributed by atoms with van der Waals surface area (Å²) in [7, 11) is 0. The lowest BCUT2D eigenvalue weighted by atomic mass is 10.1. The Morgan fingerprint density at radius 1 is 1.35 bits per heavy atom. The zero-order chi connectivity index (χ0) is 13.5. The largest absolute Gasteiger partial charge is 0.375 e. The number of amides is 1. The predicted molar refractivity (Wildman–Crippen MR) is 82.4 cm³/mol. The van der Waals surface area contributed by atoms with Crippen molar-refractivity contribution in [2.24, 2.45) is 0 Å². The molecule has 2 fully saturated rings. The maximum Gasteiger partial charge on any atom is 0.220 e. The SMILES string of the molecule is CC1CCC(CCC(=O)NCCN2CCNCC2)O1.Cl. The van der Waals surface area contributed by atoms with Crippen LogP contribution in [0.4, 0.5) is 0 Å². The number of halogens is 1. The fraction of sp³-hybridized carbons (Fsp3) is 0.929. The number of nitrogens with zero attached hydrogens (tertiary/aromatic N) is 1. The van der Waals surface area contributed by atoms with Gasteiger partial charge in [-0.3, -0.25) is 9.69 Å². The lowest BCUT2D eigenvalue weighted by Crippen LogP contribution is -2.46. The van der Waals surface area contributed by atoms with E-state index in [1.807, 2.05) is 0 Å². The fourth-order valence-electron chi connectivity index (χ4n) is 2.77. The third-order valence-corrected chi connectivity index (χ3v) is 3.97. The van der Waals surface area contributed by atoms with Crippen molar-refractivity contribution in [3.8, 4) is 0 Å². The summed E-state index contributed by atoms with van der Waals surface area (Å²) < 4.78 is 5.72. The second-order valence-electron chi connectivity index (χ2n) is 5.63. The zero-order valence-corrected chi connectivity index (χ0v) is 13.2. The Bertz CT molecular complexity index is 286. The first-order valence-corrected chi connectivity index (χ1v) is 7.59. The van der Waals surface area contributed by atoms with Crippen molar-refractivity contribution in [1.82, 2.24) is 15.5 Å². The average Bonchev–Trinajstić information content (AvgIpc) is 2.83. The molecule has 1 amide bonds. The first kappa shape index (κ1) is 17.7. The van der Waals surface area contributed by atoms with Crippen molar-refractivity contribution in [3.05, 3.63) is 0 Å². The van der Waals surface area contributed by atoms with Gasteiger partial charge < -0.3 is 15.4 Å². The minimum absolute atomic E-state index is 0. The molecule has 0 aromatic carbocycles. The van der Waals surface area contributed by atoms with Gasteiger partial charge in [0.05, 0.1) is 12.2 Å². The van der Waals surface area contributed by atoms with Gasteiger partial charge in [-0.05, 0) is 26.2 Å². The topological polar surface area (TPSA) is 53.6 Å². The average molecular weight is 306 g/mol. The Kier molecular flexibility index (Phi) is 8.45. The lowest BCUT2D eigenvalue weighted by Gasteiger charge is -2.27. The Balaban J connectivity index is 0.00000200. The van der Waals surface area contributed by atoms with Crippen LogP contribution in [0.5, 0.6) is 0 Å². The van der Waals surface area contributed by atoms with Crippen molar-refractivity contribution >= 4 is 18.3 Å². The van der Waals surface area contributed by atoms with E-state index in [-0.39, 0.29) is 18.3 Å². The molecule has 2 atom stereocenters. The molecule has 118 valence electrons. The molecule has 0 aromatic rings. The highest BCUT2D eigenvalue weighted by Gasteiger charge is 2.22. The van der Waals surface area contributed by atoms with Crippen molar-refractivity contribution in [3.63, 3.8) is 0 Å². The van der Waals surface area contributed by atoms with Crippen molar-refractivity contribution in [2.45, 2.75) is 44.8 Å². The van der Waals surface area contributed by atoms with E-state index in [0.717, 1.165) is 58.5 Å². The Labute approximate surface area is 128 Å². The number of nitrogens with one attached hydrogen (secondary N) is 2. The smallest absolute Gasteiger partial charge is 0.220 e. The van der Waals surface area contributed by atoms with E-state index in [2.05, 4.69) is 22.5 Å². The summed E-state index contributed by atoms with van der Waals surface area (Å²) in [5, 5.41) is 6.33. The highest BCUT2D eigenvalue weighted by atomic mass is 35.5. The molecule has 0 aromatic heterocycles. The van der Waals surface area contributed by atoms with Gasteiger partial charge in [-0.1, -0.05) is 0 Å². The quantitative estimate of drug-likeness (QED) is 0.761. The van der Waals surface area contributed by atoms with E-state index < -0.39 is 0 Å². The Morgan fingerprint density at radius 2 is 2.10 bits per heavy atom. The van der Waals surface area contributed by atoms with Gasteiger partial charge >= 0.3 is 0 Å². The van der Waals surface area contributed by atoms with Gasteiger partial charge in [-0.2, -0.15) is 0 Å². The highest BCUT2D eigenvalue weighted by molar-refractivity contribution is 5.85. The first-order chi connectivity index (χ1) is 9.24. The van der Waals surface area contributed by atoms with Gasteiger partial charge in [0, 0.05) is 45.7 Å². The van der Waals surface area contributed by atoms with E-state index in [9.17, 15) is 4.79 Å². The number of hydrogen-bond donors (Lipinski definition) is 2. The molecule has 2 rings (SSSR count). The molecule has 2 aliphatic heterocycles. The van der Waals surface area contributed by atoms with Crippen LogP contribution in [-0.4, -0.2) is 62.3 Å². The molecule has 2 unspecified atom stereocenters. The summed E-state index contributed by atoms with van der Waals surface area (Å²) in [6.45, 7) is 8.13. The van der Waals surface area contributed by atoms with E-state index in [1.54, 1.807) is 0 Å². The minimum atomic E-state index is 0. The standard InChI is InChI=1S/C14H27N3O2.ClH/c1-12-2-3-13(19-12)4-5-14(18)16-8-11-17-9-6-15-7-10-17;/h12-13,15H,2-11H2,1H3,(H,16,18);1H. The van der Waals surface area contributed by atoms with Gasteiger partial charge in [0.1, 0.15) is 0 Å². The molecule has 2 aliphatic rings. The molecule has 0 bridgehead atoms. The van der Waals surface area contributed by atoms with Crippen LogP contribution in [0, 0.1) is 0 Å². The third-order valence-electron chi connectivity index (χ3n) is 3.97. The molecule has 0 saturated carbocycles. The number of ether oxygens (including phenoxy) is 1. The van der Waals surface area contributed by atoms with Gasteiger partial charge in [0.15, 0.2) is 0 Å². The molecule has 20 heavy (non-hydrogen) atoms. The maximum atomic E-state index is 11.7. The fourth-order valence-corrected chi connectivity index (χ4v) is 2.77. The molecule has 2 heterocycles. The first-order valence-electron chi connectivity index (χ1n) is 7.59. The lowest BCUT2D eigenvalue weighted by molar-refractivity contribution is -0.121. The molecule has 2 saturated heterocycles. The van der Waals surface area contributed by atoms with Crippen LogP contribution in [0.1, 0.15) is 32.6 Å². The van der Waals surface area contributed by atoms with Gasteiger partial charge in [-0.15, -0.1) is 12.4 Å². The number of carbonyl (C=O) groups excluding carboxylic acids is 1. The Morgan fingerprint density at radius 3 is 2.75 bits per heavy atom. The van der Waals surface area contributed by atoms with Gasteiger partial charge in [0.25, 0.3) is 0 Å². The third kappa shape index (κ3) is 6.39. The monoisotopic (exact) mass is 305 g/mol. The summed E-state index contributed by atoms with van der Waals surface area (Å²) in [6.07, 6.45) is 4.38. The zero-order valence-electron chi connectivity index (χ0n) is 12.4. The van der Waals surface area contributed by atoms with Crippen LogP contribution in [0.25, 0.3) is 0 Å². The summed E-state index contributed by atoms with van der Waals surface area (Å²) in [5.41, 5.74) is 0. The minimum Gasteiger partial charge on any atom is -0.375 e. The van der Waals surface area contributed by atoms with Crippen molar-refractivity contribution in [1.29, 1.82) is 0 Å².